The minimum absolute atomic E-state index is 1.27. The van der Waals surface area contributed by atoms with Crippen LogP contribution in [0.4, 0.5) is 0 Å². The molecule has 8 aromatic rings. The van der Waals surface area contributed by atoms with Gasteiger partial charge in [0.05, 0.1) is 0 Å². The molecule has 202 valence electrons. The Morgan fingerprint density at radius 1 is 0.250 bits per heavy atom. The molecule has 0 heterocycles. The molecule has 0 N–H and O–H groups in total. The first kappa shape index (κ1) is 23.8. The molecule has 0 saturated heterocycles. The van der Waals surface area contributed by atoms with Crippen molar-refractivity contribution < 1.29 is 0 Å². The third kappa shape index (κ3) is 3.17. The Labute approximate surface area is 255 Å². The first-order valence-corrected chi connectivity index (χ1v) is 15.4. The van der Waals surface area contributed by atoms with Crippen LogP contribution < -0.4 is 0 Å². The molecule has 10 rings (SSSR count). The summed E-state index contributed by atoms with van der Waals surface area (Å²) in [5, 5.41) is 10.3. The Morgan fingerprint density at radius 3 is 1.41 bits per heavy atom. The van der Waals surface area contributed by atoms with Gasteiger partial charge in [-0.1, -0.05) is 152 Å². The molecule has 0 heteroatoms. The maximum absolute atomic E-state index is 2.39. The predicted molar refractivity (Wildman–Crippen MR) is 188 cm³/mol. The van der Waals surface area contributed by atoms with Gasteiger partial charge in [0, 0.05) is 0 Å². The highest BCUT2D eigenvalue weighted by Crippen LogP contribution is 2.61. The molecule has 0 aromatic heterocycles. The maximum Gasteiger partial charge on any atom is -0.0000937 e. The van der Waals surface area contributed by atoms with Gasteiger partial charge in [-0.15, -0.1) is 0 Å². The van der Waals surface area contributed by atoms with E-state index in [4.69, 9.17) is 0 Å². The number of rotatable bonds is 2. The Hall–Kier alpha value is -5.72. The highest BCUT2D eigenvalue weighted by molar-refractivity contribution is 6.40. The van der Waals surface area contributed by atoms with E-state index in [1.807, 2.05) is 0 Å². The summed E-state index contributed by atoms with van der Waals surface area (Å²) in [5.41, 5.74) is 13.3. The van der Waals surface area contributed by atoms with E-state index in [0.717, 1.165) is 0 Å². The van der Waals surface area contributed by atoms with Crippen molar-refractivity contribution >= 4 is 65.4 Å². The smallest absolute Gasteiger partial charge is 0.0000937 e. The van der Waals surface area contributed by atoms with Crippen molar-refractivity contribution in [1.29, 1.82) is 0 Å². The lowest BCUT2D eigenvalue weighted by Gasteiger charge is -2.16. The van der Waals surface area contributed by atoms with Gasteiger partial charge in [-0.2, -0.15) is 0 Å². The molecule has 0 saturated carbocycles. The first-order valence-electron chi connectivity index (χ1n) is 15.4. The zero-order valence-electron chi connectivity index (χ0n) is 24.0. The predicted octanol–water partition coefficient (Wildman–Crippen LogP) is 11.5. The van der Waals surface area contributed by atoms with Gasteiger partial charge in [-0.25, -0.2) is 0 Å². The minimum Gasteiger partial charge on any atom is -0.0616 e. The molecular formula is C44H26. The molecule has 44 heavy (non-hydrogen) atoms. The van der Waals surface area contributed by atoms with Crippen LogP contribution in [0.25, 0.3) is 65.4 Å². The van der Waals surface area contributed by atoms with Crippen molar-refractivity contribution in [1.82, 2.24) is 0 Å². The summed E-state index contributed by atoms with van der Waals surface area (Å²) < 4.78 is 0. The molecule has 8 aromatic carbocycles. The SMILES string of the molecule is c1ccc2cc(C3=C4C(=C(c5cccc6ccccc56)c5ccc6ccccc6c54)c4c3ccc3ccccc43)ccc2c1. The van der Waals surface area contributed by atoms with E-state index in [-0.39, 0.29) is 0 Å². The van der Waals surface area contributed by atoms with Gasteiger partial charge >= 0.3 is 0 Å². The van der Waals surface area contributed by atoms with E-state index in [1.54, 1.807) is 0 Å². The lowest BCUT2D eigenvalue weighted by molar-refractivity contribution is 1.57. The Morgan fingerprint density at radius 2 is 0.727 bits per heavy atom. The maximum atomic E-state index is 2.39. The van der Waals surface area contributed by atoms with Crippen molar-refractivity contribution in [3.8, 4) is 0 Å². The van der Waals surface area contributed by atoms with Gasteiger partial charge < -0.3 is 0 Å². The average Bonchev–Trinajstić information content (AvgIpc) is 3.60. The number of hydrogen-bond acceptors (Lipinski definition) is 0. The summed E-state index contributed by atoms with van der Waals surface area (Å²) in [6.07, 6.45) is 0. The normalized spacial score (nSPS) is 13.7. The van der Waals surface area contributed by atoms with E-state index in [1.165, 1.54) is 98.8 Å². The molecule has 0 amide bonds. The quantitative estimate of drug-likeness (QED) is 0.199. The Bertz CT molecular complexity index is 2590. The van der Waals surface area contributed by atoms with Gasteiger partial charge in [0.15, 0.2) is 0 Å². The second kappa shape index (κ2) is 8.89. The van der Waals surface area contributed by atoms with Crippen LogP contribution in [0.3, 0.4) is 0 Å². The summed E-state index contributed by atoms with van der Waals surface area (Å²) in [6, 6.07) is 58.4. The highest BCUT2D eigenvalue weighted by atomic mass is 14.4. The van der Waals surface area contributed by atoms with Crippen molar-refractivity contribution in [2.75, 3.05) is 0 Å². The Kier molecular flexibility index (Phi) is 4.81. The summed E-state index contributed by atoms with van der Waals surface area (Å²) >= 11 is 0. The molecule has 0 unspecified atom stereocenters. The molecule has 0 atom stereocenters. The zero-order valence-corrected chi connectivity index (χ0v) is 24.0. The molecular weight excluding hydrogens is 528 g/mol. The van der Waals surface area contributed by atoms with Crippen LogP contribution in [0.2, 0.25) is 0 Å². The van der Waals surface area contributed by atoms with Gasteiger partial charge in [-0.05, 0) is 105 Å². The second-order valence-electron chi connectivity index (χ2n) is 12.0. The average molecular weight is 555 g/mol. The first-order chi connectivity index (χ1) is 21.8. The zero-order chi connectivity index (χ0) is 28.8. The van der Waals surface area contributed by atoms with Crippen LogP contribution in [0.15, 0.2) is 158 Å². The molecule has 0 spiro atoms. The van der Waals surface area contributed by atoms with Gasteiger partial charge in [0.25, 0.3) is 0 Å². The topological polar surface area (TPSA) is 0 Å². The van der Waals surface area contributed by atoms with E-state index < -0.39 is 0 Å². The molecule has 0 fully saturated rings. The third-order valence-electron chi connectivity index (χ3n) is 9.74. The largest absolute Gasteiger partial charge is 0.0616 e. The number of hydrogen-bond donors (Lipinski definition) is 0. The second-order valence-corrected chi connectivity index (χ2v) is 12.0. The van der Waals surface area contributed by atoms with Gasteiger partial charge in [0.1, 0.15) is 0 Å². The molecule has 0 radical (unpaired) electrons. The highest BCUT2D eigenvalue weighted by Gasteiger charge is 2.39. The lowest BCUT2D eigenvalue weighted by Crippen LogP contribution is -1.95. The van der Waals surface area contributed by atoms with Crippen molar-refractivity contribution in [2.45, 2.75) is 0 Å². The van der Waals surface area contributed by atoms with Crippen LogP contribution in [0.1, 0.15) is 33.4 Å². The van der Waals surface area contributed by atoms with E-state index in [0.29, 0.717) is 0 Å². The van der Waals surface area contributed by atoms with Crippen molar-refractivity contribution in [2.24, 2.45) is 0 Å². The number of fused-ring (bicyclic) bond motifs is 11. The molecule has 0 nitrogen and oxygen atoms in total. The van der Waals surface area contributed by atoms with Gasteiger partial charge in [0.2, 0.25) is 0 Å². The summed E-state index contributed by atoms with van der Waals surface area (Å²) in [5.74, 6) is 0. The van der Waals surface area contributed by atoms with Crippen LogP contribution in [0, 0.1) is 0 Å². The Balaban J connectivity index is 1.44. The van der Waals surface area contributed by atoms with Crippen LogP contribution in [-0.4, -0.2) is 0 Å². The van der Waals surface area contributed by atoms with Crippen molar-refractivity contribution in [3.05, 3.63) is 191 Å². The van der Waals surface area contributed by atoms with Crippen LogP contribution >= 0.6 is 0 Å². The summed E-state index contributed by atoms with van der Waals surface area (Å²) in [6.45, 7) is 0. The fourth-order valence-electron chi connectivity index (χ4n) is 7.89. The number of allylic oxidation sites excluding steroid dienone is 2. The third-order valence-corrected chi connectivity index (χ3v) is 9.74. The van der Waals surface area contributed by atoms with E-state index in [9.17, 15) is 0 Å². The summed E-state index contributed by atoms with van der Waals surface area (Å²) in [4.78, 5) is 0. The molecule has 2 aliphatic rings. The minimum atomic E-state index is 1.27. The fourth-order valence-corrected chi connectivity index (χ4v) is 7.89. The van der Waals surface area contributed by atoms with E-state index >= 15 is 0 Å². The molecule has 2 aliphatic carbocycles. The van der Waals surface area contributed by atoms with Crippen molar-refractivity contribution in [3.63, 3.8) is 0 Å². The lowest BCUT2D eigenvalue weighted by atomic mass is 9.87. The summed E-state index contributed by atoms with van der Waals surface area (Å²) in [7, 11) is 0. The van der Waals surface area contributed by atoms with E-state index in [2.05, 4.69) is 158 Å². The molecule has 0 bridgehead atoms. The van der Waals surface area contributed by atoms with Gasteiger partial charge in [-0.3, -0.25) is 0 Å². The van der Waals surface area contributed by atoms with Crippen LogP contribution in [0.5, 0.6) is 0 Å². The number of benzene rings is 8. The fraction of sp³-hybridized carbons (Fsp3) is 0. The standard InChI is InChI=1S/C44H26/c1-2-14-31-26-32(21-20-27(31)10-1)39-37-24-22-29-12-4-7-17-34(29)40(37)44-42(36-19-9-15-28-11-3-6-16-33(28)36)38-25-23-30-13-5-8-18-35(30)41(38)43(39)44/h1-26H. The van der Waals surface area contributed by atoms with Crippen LogP contribution in [-0.2, 0) is 0 Å². The molecule has 0 aliphatic heterocycles. The monoisotopic (exact) mass is 554 g/mol.